The molecule has 1 aliphatic heterocycles. The Morgan fingerprint density at radius 1 is 1.45 bits per heavy atom. The largest absolute Gasteiger partial charge is 0.390 e. The van der Waals surface area contributed by atoms with E-state index in [2.05, 4.69) is 10.1 Å². The van der Waals surface area contributed by atoms with Crippen molar-refractivity contribution in [3.05, 3.63) is 23.5 Å². The Labute approximate surface area is 116 Å². The number of fused-ring (bicyclic) bond motifs is 1. The highest BCUT2D eigenvalue weighted by Crippen LogP contribution is 2.23. The Hall–Kier alpha value is -1.95. The third kappa shape index (κ3) is 2.27. The molecule has 0 bridgehead atoms. The van der Waals surface area contributed by atoms with Crippen molar-refractivity contribution in [3.8, 4) is 0 Å². The maximum Gasteiger partial charge on any atom is 0.257 e. The average Bonchev–Trinajstić information content (AvgIpc) is 2.79. The average molecular weight is 275 g/mol. The molecule has 0 spiro atoms. The molecular formula is C14H17N3O3. The van der Waals surface area contributed by atoms with Crippen molar-refractivity contribution >= 4 is 17.0 Å². The van der Waals surface area contributed by atoms with Crippen LogP contribution in [0, 0.1) is 6.92 Å². The van der Waals surface area contributed by atoms with E-state index in [0.29, 0.717) is 37.2 Å². The molecular weight excluding hydrogens is 258 g/mol. The monoisotopic (exact) mass is 275 g/mol. The van der Waals surface area contributed by atoms with Crippen LogP contribution in [-0.4, -0.2) is 44.7 Å². The summed E-state index contributed by atoms with van der Waals surface area (Å²) in [7, 11) is 0. The second-order valence-electron chi connectivity index (χ2n) is 5.63. The molecule has 2 aromatic heterocycles. The smallest absolute Gasteiger partial charge is 0.257 e. The molecule has 1 amide bonds. The molecule has 0 radical (unpaired) electrons. The molecule has 0 atom stereocenters. The Morgan fingerprint density at radius 3 is 2.85 bits per heavy atom. The number of hydrogen-bond donors (Lipinski definition) is 1. The van der Waals surface area contributed by atoms with Crippen molar-refractivity contribution in [1.29, 1.82) is 0 Å². The summed E-state index contributed by atoms with van der Waals surface area (Å²) >= 11 is 0. The van der Waals surface area contributed by atoms with Gasteiger partial charge in [-0.3, -0.25) is 4.79 Å². The third-order valence-corrected chi connectivity index (χ3v) is 3.88. The molecule has 3 rings (SSSR count). The molecule has 1 fully saturated rings. The number of carbonyl (C=O) groups is 1. The van der Waals surface area contributed by atoms with Crippen molar-refractivity contribution in [2.24, 2.45) is 0 Å². The Bertz CT molecular complexity index is 653. The van der Waals surface area contributed by atoms with Gasteiger partial charge in [-0.1, -0.05) is 5.16 Å². The van der Waals surface area contributed by atoms with E-state index in [1.165, 1.54) is 6.20 Å². The second kappa shape index (κ2) is 4.56. The van der Waals surface area contributed by atoms with Crippen LogP contribution in [0.25, 0.3) is 11.1 Å². The summed E-state index contributed by atoms with van der Waals surface area (Å²) in [6.07, 6.45) is 2.71. The number of carbonyl (C=O) groups excluding carboxylic acids is 1. The van der Waals surface area contributed by atoms with Crippen molar-refractivity contribution < 1.29 is 14.4 Å². The molecule has 1 aliphatic rings. The number of aromatic nitrogens is 2. The fourth-order valence-corrected chi connectivity index (χ4v) is 2.44. The van der Waals surface area contributed by atoms with Gasteiger partial charge in [-0.2, -0.15) is 0 Å². The Morgan fingerprint density at radius 2 is 2.15 bits per heavy atom. The molecule has 0 saturated carbocycles. The van der Waals surface area contributed by atoms with Crippen LogP contribution in [0.4, 0.5) is 0 Å². The highest BCUT2D eigenvalue weighted by Gasteiger charge is 2.30. The van der Waals surface area contributed by atoms with Gasteiger partial charge < -0.3 is 14.5 Å². The molecule has 3 heterocycles. The summed E-state index contributed by atoms with van der Waals surface area (Å²) in [5.41, 5.74) is 1.04. The van der Waals surface area contributed by atoms with Gasteiger partial charge >= 0.3 is 0 Å². The van der Waals surface area contributed by atoms with E-state index in [1.54, 1.807) is 11.0 Å². The highest BCUT2D eigenvalue weighted by atomic mass is 16.5. The van der Waals surface area contributed by atoms with Crippen molar-refractivity contribution in [1.82, 2.24) is 15.0 Å². The number of pyridine rings is 1. The minimum Gasteiger partial charge on any atom is -0.390 e. The van der Waals surface area contributed by atoms with Gasteiger partial charge in [0.2, 0.25) is 0 Å². The van der Waals surface area contributed by atoms with Crippen LogP contribution in [0.5, 0.6) is 0 Å². The first-order chi connectivity index (χ1) is 9.46. The van der Waals surface area contributed by atoms with Gasteiger partial charge in [0.05, 0.1) is 22.2 Å². The van der Waals surface area contributed by atoms with E-state index < -0.39 is 5.60 Å². The van der Waals surface area contributed by atoms with Crippen LogP contribution in [-0.2, 0) is 0 Å². The van der Waals surface area contributed by atoms with Crippen molar-refractivity contribution in [3.63, 3.8) is 0 Å². The first kappa shape index (κ1) is 13.1. The van der Waals surface area contributed by atoms with Gasteiger partial charge in [0, 0.05) is 19.3 Å². The topological polar surface area (TPSA) is 79.5 Å². The number of nitrogens with zero attached hydrogens (tertiary/aromatic N) is 3. The molecule has 0 aromatic carbocycles. The summed E-state index contributed by atoms with van der Waals surface area (Å²) < 4.78 is 5.04. The van der Waals surface area contributed by atoms with E-state index in [0.717, 1.165) is 11.1 Å². The number of rotatable bonds is 1. The number of hydrogen-bond acceptors (Lipinski definition) is 5. The summed E-state index contributed by atoms with van der Waals surface area (Å²) in [6, 6.07) is 1.77. The van der Waals surface area contributed by atoms with E-state index in [-0.39, 0.29) is 5.91 Å². The lowest BCUT2D eigenvalue weighted by Crippen LogP contribution is -2.45. The van der Waals surface area contributed by atoms with Gasteiger partial charge in [-0.05, 0) is 32.8 Å². The number of aliphatic hydroxyl groups is 1. The van der Waals surface area contributed by atoms with Crippen LogP contribution in [0.1, 0.15) is 35.8 Å². The first-order valence-electron chi connectivity index (χ1n) is 6.70. The number of aryl methyl sites for hydroxylation is 1. The van der Waals surface area contributed by atoms with Gasteiger partial charge in [0.1, 0.15) is 0 Å². The standard InChI is InChI=1S/C14H17N3O3/c1-9-11-7-10(8-15-12(11)20-16-9)13(18)17-5-3-14(2,19)4-6-17/h7-8,19H,3-6H2,1-2H3. The van der Waals surface area contributed by atoms with Gasteiger partial charge in [0.15, 0.2) is 0 Å². The number of amides is 1. The van der Waals surface area contributed by atoms with Crippen LogP contribution in [0.15, 0.2) is 16.8 Å². The molecule has 2 aromatic rings. The van der Waals surface area contributed by atoms with Crippen LogP contribution in [0.3, 0.4) is 0 Å². The van der Waals surface area contributed by atoms with Gasteiger partial charge in [-0.15, -0.1) is 0 Å². The lowest BCUT2D eigenvalue weighted by atomic mass is 9.93. The van der Waals surface area contributed by atoms with Crippen molar-refractivity contribution in [2.45, 2.75) is 32.3 Å². The fraction of sp³-hybridized carbons (Fsp3) is 0.500. The highest BCUT2D eigenvalue weighted by molar-refractivity contribution is 5.97. The zero-order valence-electron chi connectivity index (χ0n) is 11.6. The minimum absolute atomic E-state index is 0.0597. The maximum absolute atomic E-state index is 12.4. The second-order valence-corrected chi connectivity index (χ2v) is 5.63. The van der Waals surface area contributed by atoms with Gasteiger partial charge in [0.25, 0.3) is 11.6 Å². The summed E-state index contributed by atoms with van der Waals surface area (Å²) in [5.74, 6) is -0.0597. The Kier molecular flexibility index (Phi) is 2.97. The predicted molar refractivity (Wildman–Crippen MR) is 72.3 cm³/mol. The lowest BCUT2D eigenvalue weighted by Gasteiger charge is -2.35. The molecule has 0 aliphatic carbocycles. The zero-order chi connectivity index (χ0) is 14.3. The van der Waals surface area contributed by atoms with Crippen LogP contribution >= 0.6 is 0 Å². The summed E-state index contributed by atoms with van der Waals surface area (Å²) in [4.78, 5) is 18.3. The molecule has 1 N–H and O–H groups in total. The molecule has 20 heavy (non-hydrogen) atoms. The number of likely N-dealkylation sites (tertiary alicyclic amines) is 1. The molecule has 1 saturated heterocycles. The van der Waals surface area contributed by atoms with E-state index in [1.807, 2.05) is 13.8 Å². The molecule has 106 valence electrons. The normalized spacial score (nSPS) is 18.4. The van der Waals surface area contributed by atoms with Crippen molar-refractivity contribution in [2.75, 3.05) is 13.1 Å². The van der Waals surface area contributed by atoms with E-state index in [4.69, 9.17) is 4.52 Å². The first-order valence-corrected chi connectivity index (χ1v) is 6.70. The zero-order valence-corrected chi connectivity index (χ0v) is 11.6. The lowest BCUT2D eigenvalue weighted by molar-refractivity contribution is -0.00202. The molecule has 6 nitrogen and oxygen atoms in total. The maximum atomic E-state index is 12.4. The van der Waals surface area contributed by atoms with Crippen LogP contribution in [0.2, 0.25) is 0 Å². The molecule has 0 unspecified atom stereocenters. The quantitative estimate of drug-likeness (QED) is 0.853. The number of piperidine rings is 1. The van der Waals surface area contributed by atoms with E-state index >= 15 is 0 Å². The van der Waals surface area contributed by atoms with Gasteiger partial charge in [-0.25, -0.2) is 4.98 Å². The van der Waals surface area contributed by atoms with Crippen LogP contribution < -0.4 is 0 Å². The summed E-state index contributed by atoms with van der Waals surface area (Å²) in [6.45, 7) is 4.75. The molecule has 6 heteroatoms. The SMILES string of the molecule is Cc1noc2ncc(C(=O)N3CCC(C)(O)CC3)cc12. The Balaban J connectivity index is 1.84. The third-order valence-electron chi connectivity index (χ3n) is 3.88. The predicted octanol–water partition coefficient (Wildman–Crippen LogP) is 1.52. The van der Waals surface area contributed by atoms with E-state index in [9.17, 15) is 9.90 Å². The minimum atomic E-state index is -0.663. The fourth-order valence-electron chi connectivity index (χ4n) is 2.44. The summed E-state index contributed by atoms with van der Waals surface area (Å²) in [5, 5.41) is 14.5.